The first kappa shape index (κ1) is 8.59. The van der Waals surface area contributed by atoms with Crippen LogP contribution < -0.4 is 10.1 Å². The average molecular weight is 163 g/mol. The van der Waals surface area contributed by atoms with Crippen molar-refractivity contribution in [2.45, 2.75) is 6.54 Å². The molecular formula is C9H11N2O. The number of ether oxygens (including phenoxy) is 1. The molecule has 63 valence electrons. The first-order valence-corrected chi connectivity index (χ1v) is 3.64. The van der Waals surface area contributed by atoms with E-state index in [0.29, 0.717) is 6.54 Å². The van der Waals surface area contributed by atoms with Crippen molar-refractivity contribution in [2.24, 2.45) is 0 Å². The number of benzene rings is 1. The fourth-order valence-corrected chi connectivity index (χ4v) is 0.929. The molecule has 0 unspecified atom stereocenters. The Hall–Kier alpha value is -1.51. The minimum absolute atomic E-state index is 0.612. The van der Waals surface area contributed by atoms with Crippen LogP contribution in [-0.2, 0) is 6.54 Å². The first-order chi connectivity index (χ1) is 5.86. The predicted octanol–water partition coefficient (Wildman–Crippen LogP) is 1.27. The highest BCUT2D eigenvalue weighted by Crippen LogP contribution is 2.11. The zero-order chi connectivity index (χ0) is 8.81. The third kappa shape index (κ3) is 2.27. The Kier molecular flexibility index (Phi) is 3.14. The summed E-state index contributed by atoms with van der Waals surface area (Å²) in [6.07, 6.45) is 2.11. The van der Waals surface area contributed by atoms with E-state index >= 15 is 0 Å². The van der Waals surface area contributed by atoms with E-state index in [9.17, 15) is 0 Å². The van der Waals surface area contributed by atoms with E-state index in [2.05, 4.69) is 11.7 Å². The molecule has 0 aliphatic heterocycles. The van der Waals surface area contributed by atoms with Gasteiger partial charge in [0.1, 0.15) is 5.75 Å². The fourth-order valence-electron chi connectivity index (χ4n) is 0.929. The highest BCUT2D eigenvalue weighted by Gasteiger charge is 1.93. The third-order valence-electron chi connectivity index (χ3n) is 1.52. The zero-order valence-electron chi connectivity index (χ0n) is 6.92. The summed E-state index contributed by atoms with van der Waals surface area (Å²) in [5.74, 6) is 0.833. The Balaban J connectivity index is 2.65. The molecule has 0 aromatic heterocycles. The van der Waals surface area contributed by atoms with Crippen molar-refractivity contribution < 1.29 is 4.74 Å². The first-order valence-electron chi connectivity index (χ1n) is 3.64. The lowest BCUT2D eigenvalue weighted by Gasteiger charge is -2.02. The van der Waals surface area contributed by atoms with Gasteiger partial charge in [-0.2, -0.15) is 0 Å². The van der Waals surface area contributed by atoms with Crippen LogP contribution in [0.1, 0.15) is 5.56 Å². The summed E-state index contributed by atoms with van der Waals surface area (Å²) >= 11 is 0. The van der Waals surface area contributed by atoms with Crippen molar-refractivity contribution >= 4 is 6.34 Å². The Bertz CT molecular complexity index is 260. The average Bonchev–Trinajstić information content (AvgIpc) is 2.15. The lowest BCUT2D eigenvalue weighted by molar-refractivity contribution is 0.414. The second-order valence-corrected chi connectivity index (χ2v) is 2.33. The van der Waals surface area contributed by atoms with Crippen molar-refractivity contribution in [3.63, 3.8) is 0 Å². The Morgan fingerprint density at radius 3 is 3.08 bits per heavy atom. The fraction of sp³-hybridized carbons (Fsp3) is 0.222. The van der Waals surface area contributed by atoms with Gasteiger partial charge in [-0.3, -0.25) is 5.41 Å². The van der Waals surface area contributed by atoms with E-state index in [4.69, 9.17) is 10.1 Å². The van der Waals surface area contributed by atoms with Gasteiger partial charge in [0.2, 0.25) is 0 Å². The molecule has 1 aromatic rings. The van der Waals surface area contributed by atoms with Gasteiger partial charge in [-0.05, 0) is 17.7 Å². The number of hydrogen-bond donors (Lipinski definition) is 2. The monoisotopic (exact) mass is 163 g/mol. The van der Waals surface area contributed by atoms with E-state index in [1.54, 1.807) is 7.11 Å². The van der Waals surface area contributed by atoms with Crippen LogP contribution in [0.3, 0.4) is 0 Å². The summed E-state index contributed by atoms with van der Waals surface area (Å²) in [5, 5.41) is 9.34. The summed E-state index contributed by atoms with van der Waals surface area (Å²) in [5.41, 5.74) is 1.08. The molecule has 1 radical (unpaired) electrons. The summed E-state index contributed by atoms with van der Waals surface area (Å²) in [6.45, 7) is 0.612. The molecular weight excluding hydrogens is 152 g/mol. The van der Waals surface area contributed by atoms with Crippen molar-refractivity contribution in [3.05, 3.63) is 29.8 Å². The normalized spacial score (nSPS) is 9.08. The van der Waals surface area contributed by atoms with Crippen molar-refractivity contribution in [1.82, 2.24) is 5.32 Å². The van der Waals surface area contributed by atoms with E-state index in [0.717, 1.165) is 11.3 Å². The highest BCUT2D eigenvalue weighted by atomic mass is 16.5. The van der Waals surface area contributed by atoms with E-state index < -0.39 is 0 Å². The molecule has 0 atom stereocenters. The second-order valence-electron chi connectivity index (χ2n) is 2.33. The van der Waals surface area contributed by atoms with Gasteiger partial charge < -0.3 is 10.1 Å². The highest BCUT2D eigenvalue weighted by molar-refractivity contribution is 5.49. The van der Waals surface area contributed by atoms with Gasteiger partial charge in [-0.15, -0.1) is 0 Å². The molecule has 0 saturated carbocycles. The van der Waals surface area contributed by atoms with Crippen LogP contribution in [0.5, 0.6) is 5.75 Å². The number of methoxy groups -OCH3 is 1. The van der Waals surface area contributed by atoms with E-state index in [1.807, 2.05) is 24.3 Å². The SMILES string of the molecule is COc1cccc(CN[C]=N)c1. The quantitative estimate of drug-likeness (QED) is 0.399. The minimum Gasteiger partial charge on any atom is -0.497 e. The molecule has 0 fully saturated rings. The van der Waals surface area contributed by atoms with Crippen LogP contribution in [-0.4, -0.2) is 13.4 Å². The molecule has 0 spiro atoms. The lowest BCUT2D eigenvalue weighted by Crippen LogP contribution is -2.08. The van der Waals surface area contributed by atoms with Gasteiger partial charge in [0.25, 0.3) is 0 Å². The molecule has 3 heteroatoms. The smallest absolute Gasteiger partial charge is 0.161 e. The van der Waals surface area contributed by atoms with Crippen molar-refractivity contribution in [1.29, 1.82) is 5.41 Å². The molecule has 0 heterocycles. The van der Waals surface area contributed by atoms with Gasteiger partial charge in [-0.25, -0.2) is 0 Å². The summed E-state index contributed by atoms with van der Waals surface area (Å²) in [4.78, 5) is 0. The van der Waals surface area contributed by atoms with Gasteiger partial charge in [0, 0.05) is 6.54 Å². The number of nitrogens with one attached hydrogen (secondary N) is 2. The molecule has 1 aromatic carbocycles. The standard InChI is InChI=1S/C9H11N2O/c1-12-9-4-2-3-8(5-9)6-11-7-10/h2-5H,6H2,1H3,(H2,10,11). The Morgan fingerprint density at radius 1 is 1.58 bits per heavy atom. The number of hydrogen-bond acceptors (Lipinski definition) is 2. The molecule has 0 aliphatic rings. The molecule has 0 saturated heterocycles. The molecule has 2 N–H and O–H groups in total. The summed E-state index contributed by atoms with van der Waals surface area (Å²) in [7, 11) is 1.63. The number of rotatable bonds is 4. The zero-order valence-corrected chi connectivity index (χ0v) is 6.92. The maximum Gasteiger partial charge on any atom is 0.161 e. The molecule has 0 aliphatic carbocycles. The van der Waals surface area contributed by atoms with E-state index in [-0.39, 0.29) is 0 Å². The molecule has 0 bridgehead atoms. The van der Waals surface area contributed by atoms with Crippen LogP contribution in [0, 0.1) is 5.41 Å². The minimum atomic E-state index is 0.612. The predicted molar refractivity (Wildman–Crippen MR) is 47.6 cm³/mol. The van der Waals surface area contributed by atoms with Crippen molar-refractivity contribution in [3.8, 4) is 5.75 Å². The summed E-state index contributed by atoms with van der Waals surface area (Å²) in [6, 6.07) is 7.69. The Morgan fingerprint density at radius 2 is 2.42 bits per heavy atom. The van der Waals surface area contributed by atoms with Crippen LogP contribution >= 0.6 is 0 Å². The summed E-state index contributed by atoms with van der Waals surface area (Å²) < 4.78 is 5.04. The lowest BCUT2D eigenvalue weighted by atomic mass is 10.2. The molecule has 12 heavy (non-hydrogen) atoms. The Labute approximate surface area is 71.9 Å². The second kappa shape index (κ2) is 4.38. The third-order valence-corrected chi connectivity index (χ3v) is 1.52. The molecule has 1 rings (SSSR count). The topological polar surface area (TPSA) is 45.1 Å². The maximum atomic E-state index is 6.66. The van der Waals surface area contributed by atoms with Gasteiger partial charge in [0.15, 0.2) is 6.34 Å². The molecule has 3 nitrogen and oxygen atoms in total. The largest absolute Gasteiger partial charge is 0.497 e. The van der Waals surface area contributed by atoms with Crippen LogP contribution in [0.2, 0.25) is 0 Å². The van der Waals surface area contributed by atoms with Gasteiger partial charge in [0.05, 0.1) is 7.11 Å². The van der Waals surface area contributed by atoms with Crippen LogP contribution in [0.15, 0.2) is 24.3 Å². The maximum absolute atomic E-state index is 6.66. The van der Waals surface area contributed by atoms with Gasteiger partial charge in [-0.1, -0.05) is 12.1 Å². The van der Waals surface area contributed by atoms with Gasteiger partial charge >= 0.3 is 0 Å². The van der Waals surface area contributed by atoms with Crippen molar-refractivity contribution in [2.75, 3.05) is 7.11 Å². The van der Waals surface area contributed by atoms with Crippen LogP contribution in [0.4, 0.5) is 0 Å². The molecule has 0 amide bonds. The van der Waals surface area contributed by atoms with Crippen LogP contribution in [0.25, 0.3) is 0 Å². The van der Waals surface area contributed by atoms with E-state index in [1.165, 1.54) is 0 Å².